The topological polar surface area (TPSA) is 69.7 Å². The minimum absolute atomic E-state index is 0.0373. The number of rotatable bonds is 8. The van der Waals surface area contributed by atoms with Gasteiger partial charge < -0.3 is 15.1 Å². The van der Waals surface area contributed by atoms with E-state index in [2.05, 4.69) is 12.2 Å². The molecule has 1 aromatic rings. The fraction of sp³-hybridized carbons (Fsp3) is 0.609. The molecule has 158 valence electrons. The van der Waals surface area contributed by atoms with Crippen LogP contribution >= 0.6 is 0 Å². The molecule has 29 heavy (non-hydrogen) atoms. The fourth-order valence-corrected chi connectivity index (χ4v) is 4.17. The predicted molar refractivity (Wildman–Crippen MR) is 114 cm³/mol. The maximum Gasteiger partial charge on any atom is 0.253 e. The summed E-state index contributed by atoms with van der Waals surface area (Å²) in [7, 11) is 0. The Morgan fingerprint density at radius 2 is 1.86 bits per heavy atom. The van der Waals surface area contributed by atoms with Gasteiger partial charge in [0, 0.05) is 43.9 Å². The lowest BCUT2D eigenvalue weighted by Gasteiger charge is -2.32. The first kappa shape index (κ1) is 21.3. The lowest BCUT2D eigenvalue weighted by atomic mass is 9.96. The van der Waals surface area contributed by atoms with Gasteiger partial charge in [-0.3, -0.25) is 14.4 Å². The van der Waals surface area contributed by atoms with E-state index in [4.69, 9.17) is 0 Å². The van der Waals surface area contributed by atoms with Gasteiger partial charge in [-0.25, -0.2) is 0 Å². The van der Waals surface area contributed by atoms with Crippen LogP contribution in [0.4, 0.5) is 5.69 Å². The second-order valence-corrected chi connectivity index (χ2v) is 8.14. The first-order chi connectivity index (χ1) is 14.1. The van der Waals surface area contributed by atoms with Crippen molar-refractivity contribution in [2.75, 3.05) is 31.1 Å². The number of unbranched alkanes of at least 4 members (excludes halogenated alkanes) is 3. The molecular formula is C23H33N3O3. The number of hydrogen-bond donors (Lipinski definition) is 1. The summed E-state index contributed by atoms with van der Waals surface area (Å²) >= 11 is 0. The molecule has 3 rings (SSSR count). The summed E-state index contributed by atoms with van der Waals surface area (Å²) in [6, 6.07) is 7.28. The van der Waals surface area contributed by atoms with Crippen molar-refractivity contribution >= 4 is 23.4 Å². The molecule has 0 bridgehead atoms. The molecule has 6 nitrogen and oxygen atoms in total. The van der Waals surface area contributed by atoms with Gasteiger partial charge in [-0.1, -0.05) is 26.2 Å². The summed E-state index contributed by atoms with van der Waals surface area (Å²) in [5.41, 5.74) is 1.46. The molecule has 2 aliphatic heterocycles. The molecule has 2 heterocycles. The van der Waals surface area contributed by atoms with Crippen molar-refractivity contribution in [1.82, 2.24) is 10.2 Å². The van der Waals surface area contributed by atoms with Crippen molar-refractivity contribution in [1.29, 1.82) is 0 Å². The average Bonchev–Trinajstić information content (AvgIpc) is 3.19. The van der Waals surface area contributed by atoms with Crippen molar-refractivity contribution in [2.24, 2.45) is 5.92 Å². The number of anilines is 1. The molecule has 0 spiro atoms. The number of nitrogens with zero attached hydrogens (tertiary/aromatic N) is 2. The van der Waals surface area contributed by atoms with E-state index in [0.29, 0.717) is 25.1 Å². The van der Waals surface area contributed by atoms with Crippen LogP contribution in [-0.4, -0.2) is 48.8 Å². The molecule has 0 radical (unpaired) electrons. The Balaban J connectivity index is 1.52. The van der Waals surface area contributed by atoms with Crippen molar-refractivity contribution in [2.45, 2.75) is 58.3 Å². The van der Waals surface area contributed by atoms with E-state index in [1.54, 1.807) is 21.9 Å². The van der Waals surface area contributed by atoms with E-state index in [0.717, 1.165) is 50.9 Å². The highest BCUT2D eigenvalue weighted by atomic mass is 16.2. The van der Waals surface area contributed by atoms with Crippen molar-refractivity contribution in [3.05, 3.63) is 29.8 Å². The minimum Gasteiger partial charge on any atom is -0.356 e. The summed E-state index contributed by atoms with van der Waals surface area (Å²) in [5.74, 6) is 0.0515. The van der Waals surface area contributed by atoms with Crippen LogP contribution in [0.25, 0.3) is 0 Å². The Morgan fingerprint density at radius 3 is 2.55 bits per heavy atom. The van der Waals surface area contributed by atoms with Crippen LogP contribution in [0.5, 0.6) is 0 Å². The number of carbonyl (C=O) groups excluding carboxylic acids is 3. The molecule has 0 aromatic heterocycles. The Kier molecular flexibility index (Phi) is 7.67. The monoisotopic (exact) mass is 399 g/mol. The summed E-state index contributed by atoms with van der Waals surface area (Å²) in [6.45, 7) is 4.80. The largest absolute Gasteiger partial charge is 0.356 e. The van der Waals surface area contributed by atoms with E-state index in [-0.39, 0.29) is 23.6 Å². The minimum atomic E-state index is -0.125. The Hall–Kier alpha value is -2.37. The molecule has 6 heteroatoms. The van der Waals surface area contributed by atoms with E-state index >= 15 is 0 Å². The molecule has 2 fully saturated rings. The van der Waals surface area contributed by atoms with Crippen molar-refractivity contribution in [3.8, 4) is 0 Å². The summed E-state index contributed by atoms with van der Waals surface area (Å²) < 4.78 is 0. The first-order valence-corrected chi connectivity index (χ1v) is 11.1. The van der Waals surface area contributed by atoms with Gasteiger partial charge in [0.1, 0.15) is 0 Å². The summed E-state index contributed by atoms with van der Waals surface area (Å²) in [4.78, 5) is 40.8. The van der Waals surface area contributed by atoms with Crippen LogP contribution in [0.15, 0.2) is 24.3 Å². The zero-order chi connectivity index (χ0) is 20.6. The van der Waals surface area contributed by atoms with Crippen molar-refractivity contribution < 1.29 is 14.4 Å². The van der Waals surface area contributed by atoms with Gasteiger partial charge in [-0.15, -0.1) is 0 Å². The standard InChI is InChI=1S/C23H33N3O3/c1-2-3-4-5-14-24-22(28)19-8-6-15-25(17-19)23(29)18-10-12-20(13-11-18)26-16-7-9-21(26)27/h10-13,19H,2-9,14-17H2,1H3,(H,24,28). The smallest absolute Gasteiger partial charge is 0.253 e. The van der Waals surface area contributed by atoms with Gasteiger partial charge in [0.2, 0.25) is 11.8 Å². The quantitative estimate of drug-likeness (QED) is 0.682. The second-order valence-electron chi connectivity index (χ2n) is 8.14. The second kappa shape index (κ2) is 10.4. The number of amides is 3. The molecule has 1 N–H and O–H groups in total. The van der Waals surface area contributed by atoms with E-state index in [1.165, 1.54) is 12.8 Å². The first-order valence-electron chi connectivity index (χ1n) is 11.1. The third kappa shape index (κ3) is 5.58. The molecule has 0 saturated carbocycles. The number of nitrogens with one attached hydrogen (secondary N) is 1. The molecule has 0 aliphatic carbocycles. The lowest BCUT2D eigenvalue weighted by molar-refractivity contribution is -0.126. The van der Waals surface area contributed by atoms with Gasteiger partial charge in [-0.2, -0.15) is 0 Å². The van der Waals surface area contributed by atoms with Crippen LogP contribution < -0.4 is 10.2 Å². The normalized spacial score (nSPS) is 19.5. The highest BCUT2D eigenvalue weighted by molar-refractivity contribution is 5.97. The lowest BCUT2D eigenvalue weighted by Crippen LogP contribution is -2.45. The average molecular weight is 400 g/mol. The zero-order valence-electron chi connectivity index (χ0n) is 17.5. The number of hydrogen-bond acceptors (Lipinski definition) is 3. The molecule has 2 saturated heterocycles. The van der Waals surface area contributed by atoms with Gasteiger partial charge in [0.15, 0.2) is 0 Å². The highest BCUT2D eigenvalue weighted by Gasteiger charge is 2.29. The van der Waals surface area contributed by atoms with Crippen molar-refractivity contribution in [3.63, 3.8) is 0 Å². The number of carbonyl (C=O) groups is 3. The van der Waals surface area contributed by atoms with Crippen LogP contribution in [-0.2, 0) is 9.59 Å². The van der Waals surface area contributed by atoms with E-state index < -0.39 is 0 Å². The third-order valence-corrected chi connectivity index (χ3v) is 5.91. The molecule has 3 amide bonds. The van der Waals surface area contributed by atoms with Gasteiger partial charge in [0.25, 0.3) is 5.91 Å². The highest BCUT2D eigenvalue weighted by Crippen LogP contribution is 2.23. The summed E-state index contributed by atoms with van der Waals surface area (Å²) in [5, 5.41) is 3.04. The maximum absolute atomic E-state index is 12.9. The zero-order valence-corrected chi connectivity index (χ0v) is 17.5. The Bertz CT molecular complexity index is 717. The molecule has 1 unspecified atom stereocenters. The predicted octanol–water partition coefficient (Wildman–Crippen LogP) is 3.36. The molecular weight excluding hydrogens is 366 g/mol. The Morgan fingerprint density at radius 1 is 1.07 bits per heavy atom. The SMILES string of the molecule is CCCCCCNC(=O)C1CCCN(C(=O)c2ccc(N3CCCC3=O)cc2)C1. The Labute approximate surface area is 173 Å². The number of likely N-dealkylation sites (tertiary alicyclic amines) is 1. The summed E-state index contributed by atoms with van der Waals surface area (Å²) in [6.07, 6.45) is 7.70. The van der Waals surface area contributed by atoms with Crippen LogP contribution in [0.2, 0.25) is 0 Å². The molecule has 1 atom stereocenters. The van der Waals surface area contributed by atoms with E-state index in [1.807, 2.05) is 12.1 Å². The van der Waals surface area contributed by atoms with E-state index in [9.17, 15) is 14.4 Å². The fourth-order valence-electron chi connectivity index (χ4n) is 4.17. The third-order valence-electron chi connectivity index (χ3n) is 5.91. The van der Waals surface area contributed by atoms with Gasteiger partial charge in [0.05, 0.1) is 5.92 Å². The van der Waals surface area contributed by atoms with Gasteiger partial charge >= 0.3 is 0 Å². The van der Waals surface area contributed by atoms with Crippen LogP contribution in [0.1, 0.15) is 68.6 Å². The van der Waals surface area contributed by atoms with Gasteiger partial charge in [-0.05, 0) is 49.9 Å². The number of piperidine rings is 1. The van der Waals surface area contributed by atoms with Crippen LogP contribution in [0, 0.1) is 5.92 Å². The molecule has 2 aliphatic rings. The van der Waals surface area contributed by atoms with Crippen LogP contribution in [0.3, 0.4) is 0 Å². The number of benzene rings is 1. The molecule has 1 aromatic carbocycles. The maximum atomic E-state index is 12.9.